The van der Waals surface area contributed by atoms with Gasteiger partial charge in [0.25, 0.3) is 0 Å². The normalized spacial score (nSPS) is 25.3. The molecule has 214 valence electrons. The van der Waals surface area contributed by atoms with E-state index in [4.69, 9.17) is 23.7 Å². The third-order valence-corrected chi connectivity index (χ3v) is 10.8. The van der Waals surface area contributed by atoms with E-state index in [-0.39, 0.29) is 59.8 Å². The molecule has 4 atom stereocenters. The number of piperidine rings is 1. The molecule has 4 aliphatic rings. The smallest absolute Gasteiger partial charge is 0.310 e. The Balaban J connectivity index is 1.35. The Labute approximate surface area is 239 Å². The number of hydrogen-bond donors (Lipinski definition) is 2. The van der Waals surface area contributed by atoms with Gasteiger partial charge in [-0.1, -0.05) is 21.6 Å². The first-order chi connectivity index (χ1) is 19.4. The molecule has 2 fully saturated rings. The average Bonchev–Trinajstić information content (AvgIpc) is 3.58. The number of fused-ring (bicyclic) bond motifs is 3. The maximum atomic E-state index is 13.3. The second kappa shape index (κ2) is 11.1. The molecule has 0 saturated carbocycles. The van der Waals surface area contributed by atoms with Gasteiger partial charge in [-0.2, -0.15) is 0 Å². The number of benzene rings is 2. The number of amides is 1. The van der Waals surface area contributed by atoms with Crippen LogP contribution in [0.5, 0.6) is 28.7 Å². The van der Waals surface area contributed by atoms with Gasteiger partial charge in [0.15, 0.2) is 23.0 Å². The Morgan fingerprint density at radius 2 is 1.68 bits per heavy atom. The number of carbonyl (C=O) groups excluding carboxylic acids is 2. The molecular weight excluding hydrogens is 558 g/mol. The molecule has 1 aliphatic carbocycles. The maximum Gasteiger partial charge on any atom is 0.310 e. The van der Waals surface area contributed by atoms with Crippen LogP contribution in [0.2, 0.25) is 0 Å². The predicted octanol–water partition coefficient (Wildman–Crippen LogP) is 3.48. The number of likely N-dealkylation sites (tertiary alicyclic amines) is 1. The van der Waals surface area contributed by atoms with Crippen molar-refractivity contribution in [1.82, 2.24) is 4.90 Å². The SMILES string of the molecule is COc1cc([C@@H]2c3cc4c(cc3[C@@H](SSCC(=O)N3CCC(O)CC3)[C@H]3COC(=O)[C@H]23)OCO4)cc(OC)c1O. The van der Waals surface area contributed by atoms with Gasteiger partial charge in [0, 0.05) is 30.2 Å². The van der Waals surface area contributed by atoms with Crippen molar-refractivity contribution in [2.75, 3.05) is 46.5 Å². The summed E-state index contributed by atoms with van der Waals surface area (Å²) in [5, 5.41) is 20.2. The van der Waals surface area contributed by atoms with Crippen molar-refractivity contribution >= 4 is 33.5 Å². The Bertz CT molecular complexity index is 1290. The number of phenolic OH excluding ortho intramolecular Hbond substituents is 1. The predicted molar refractivity (Wildman–Crippen MR) is 148 cm³/mol. The maximum absolute atomic E-state index is 13.3. The molecule has 6 rings (SSSR count). The zero-order chi connectivity index (χ0) is 28.0. The third-order valence-electron chi connectivity index (χ3n) is 8.15. The fraction of sp³-hybridized carbons (Fsp3) is 0.500. The Hall–Kier alpha value is -2.96. The van der Waals surface area contributed by atoms with Gasteiger partial charge in [0.05, 0.1) is 38.6 Å². The molecule has 2 aromatic carbocycles. The van der Waals surface area contributed by atoms with Crippen LogP contribution in [0, 0.1) is 11.8 Å². The van der Waals surface area contributed by atoms with Crippen LogP contribution in [0.4, 0.5) is 0 Å². The van der Waals surface area contributed by atoms with Crippen LogP contribution in [0.3, 0.4) is 0 Å². The highest BCUT2D eigenvalue weighted by molar-refractivity contribution is 8.76. The molecule has 0 bridgehead atoms. The van der Waals surface area contributed by atoms with Gasteiger partial charge < -0.3 is 38.8 Å². The fourth-order valence-electron chi connectivity index (χ4n) is 6.09. The van der Waals surface area contributed by atoms with Crippen molar-refractivity contribution < 1.29 is 43.5 Å². The molecule has 2 aromatic rings. The number of cyclic esters (lactones) is 1. The van der Waals surface area contributed by atoms with E-state index in [1.807, 2.05) is 12.1 Å². The van der Waals surface area contributed by atoms with Crippen LogP contribution in [-0.2, 0) is 14.3 Å². The highest BCUT2D eigenvalue weighted by atomic mass is 33.1. The summed E-state index contributed by atoms with van der Waals surface area (Å²) in [7, 11) is 5.98. The van der Waals surface area contributed by atoms with Crippen molar-refractivity contribution in [3.05, 3.63) is 41.0 Å². The number of esters is 1. The van der Waals surface area contributed by atoms with Crippen LogP contribution in [0.25, 0.3) is 0 Å². The summed E-state index contributed by atoms with van der Waals surface area (Å²) in [5.74, 6) is 0.606. The molecule has 0 radical (unpaired) electrons. The summed E-state index contributed by atoms with van der Waals surface area (Å²) in [4.78, 5) is 28.0. The second-order valence-corrected chi connectivity index (χ2v) is 12.8. The Morgan fingerprint density at radius 3 is 2.33 bits per heavy atom. The van der Waals surface area contributed by atoms with E-state index in [0.29, 0.717) is 43.2 Å². The van der Waals surface area contributed by atoms with Crippen molar-refractivity contribution in [2.45, 2.75) is 30.1 Å². The van der Waals surface area contributed by atoms with Gasteiger partial charge in [-0.3, -0.25) is 9.59 Å². The lowest BCUT2D eigenvalue weighted by molar-refractivity contribution is -0.141. The minimum atomic E-state index is -0.496. The summed E-state index contributed by atoms with van der Waals surface area (Å²) >= 11 is 0. The monoisotopic (exact) mass is 589 g/mol. The first-order valence-corrected chi connectivity index (χ1v) is 15.6. The minimum absolute atomic E-state index is 0.0441. The van der Waals surface area contributed by atoms with Gasteiger partial charge in [0.1, 0.15) is 0 Å². The average molecular weight is 590 g/mol. The van der Waals surface area contributed by atoms with Crippen LogP contribution >= 0.6 is 21.6 Å². The molecule has 0 unspecified atom stereocenters. The van der Waals surface area contributed by atoms with E-state index >= 15 is 0 Å². The Morgan fingerprint density at radius 1 is 1.02 bits per heavy atom. The van der Waals surface area contributed by atoms with E-state index in [1.54, 1.807) is 27.8 Å². The van der Waals surface area contributed by atoms with Gasteiger partial charge in [-0.05, 0) is 53.8 Å². The topological polar surface area (TPSA) is 124 Å². The summed E-state index contributed by atoms with van der Waals surface area (Å²) in [6.07, 6.45) is 0.866. The number of ether oxygens (including phenoxy) is 5. The zero-order valence-electron chi connectivity index (χ0n) is 22.2. The van der Waals surface area contributed by atoms with Crippen LogP contribution in [-0.4, -0.2) is 79.6 Å². The minimum Gasteiger partial charge on any atom is -0.502 e. The van der Waals surface area contributed by atoms with Gasteiger partial charge in [-0.25, -0.2) is 0 Å². The van der Waals surface area contributed by atoms with E-state index in [9.17, 15) is 19.8 Å². The molecule has 2 saturated heterocycles. The summed E-state index contributed by atoms with van der Waals surface area (Å²) in [5.41, 5.74) is 2.64. The molecule has 1 amide bonds. The van der Waals surface area contributed by atoms with Crippen molar-refractivity contribution in [3.63, 3.8) is 0 Å². The zero-order valence-corrected chi connectivity index (χ0v) is 23.8. The highest BCUT2D eigenvalue weighted by Crippen LogP contribution is 2.60. The number of hydrogen-bond acceptors (Lipinski definition) is 11. The van der Waals surface area contributed by atoms with Crippen molar-refractivity contribution in [2.24, 2.45) is 11.8 Å². The van der Waals surface area contributed by atoms with Gasteiger partial charge >= 0.3 is 5.97 Å². The quantitative estimate of drug-likeness (QED) is 0.364. The number of carbonyl (C=O) groups is 2. The lowest BCUT2D eigenvalue weighted by Crippen LogP contribution is -2.40. The van der Waals surface area contributed by atoms with Gasteiger partial charge in [-0.15, -0.1) is 0 Å². The number of phenols is 1. The molecule has 0 aromatic heterocycles. The number of aromatic hydroxyl groups is 1. The number of methoxy groups -OCH3 is 2. The van der Waals surface area contributed by atoms with Crippen LogP contribution < -0.4 is 18.9 Å². The van der Waals surface area contributed by atoms with Crippen molar-refractivity contribution in [3.8, 4) is 28.7 Å². The fourth-order valence-corrected chi connectivity index (χ4v) is 8.97. The molecule has 40 heavy (non-hydrogen) atoms. The number of aliphatic hydroxyl groups excluding tert-OH is 1. The lowest BCUT2D eigenvalue weighted by atomic mass is 9.67. The van der Waals surface area contributed by atoms with Crippen LogP contribution in [0.15, 0.2) is 24.3 Å². The van der Waals surface area contributed by atoms with E-state index in [1.165, 1.54) is 25.0 Å². The first kappa shape index (κ1) is 27.2. The summed E-state index contributed by atoms with van der Waals surface area (Å²) < 4.78 is 27.9. The van der Waals surface area contributed by atoms with Crippen LogP contribution in [0.1, 0.15) is 40.7 Å². The molecule has 12 heteroatoms. The summed E-state index contributed by atoms with van der Waals surface area (Å²) in [6, 6.07) is 7.37. The number of aliphatic hydroxyl groups is 1. The number of nitrogens with zero attached hydrogens (tertiary/aromatic N) is 1. The Kier molecular flexibility index (Phi) is 7.58. The molecular formula is C28H31NO9S2. The molecule has 3 aliphatic heterocycles. The molecule has 10 nitrogen and oxygen atoms in total. The second-order valence-electron chi connectivity index (χ2n) is 10.3. The molecule has 0 spiro atoms. The lowest BCUT2D eigenvalue weighted by Gasteiger charge is -2.38. The standard InChI is InChI=1S/C28H31NO9S2/c1-34-21-7-14(8-22(35-2)26(21)32)24-16-9-19-20(38-13-37-19)10-17(16)27(18-11-36-28(33)25(18)24)40-39-12-23(31)29-5-3-15(30)4-6-29/h7-10,15,18,24-25,27,30,32H,3-6,11-13H2,1-2H3/t18-,24+,25-,27+/m0/s1. The largest absolute Gasteiger partial charge is 0.502 e. The molecule has 3 heterocycles. The highest BCUT2D eigenvalue weighted by Gasteiger charge is 2.53. The van der Waals surface area contributed by atoms with E-state index in [2.05, 4.69) is 0 Å². The molecule has 2 N–H and O–H groups in total. The van der Waals surface area contributed by atoms with E-state index < -0.39 is 11.8 Å². The van der Waals surface area contributed by atoms with E-state index in [0.717, 1.165) is 16.7 Å². The number of rotatable bonds is 7. The first-order valence-electron chi connectivity index (χ1n) is 13.2. The van der Waals surface area contributed by atoms with Crippen molar-refractivity contribution in [1.29, 1.82) is 0 Å². The van der Waals surface area contributed by atoms with Gasteiger partial charge in [0.2, 0.25) is 18.4 Å². The summed E-state index contributed by atoms with van der Waals surface area (Å²) in [6.45, 7) is 1.51. The third kappa shape index (κ3) is 4.79.